The van der Waals surface area contributed by atoms with Crippen LogP contribution in [-0.2, 0) is 7.05 Å². The number of carbonyl (C=O) groups excluding carboxylic acids is 1. The van der Waals surface area contributed by atoms with E-state index in [1.807, 2.05) is 0 Å². The Hall–Kier alpha value is -1.71. The summed E-state index contributed by atoms with van der Waals surface area (Å²) in [6.45, 7) is 0. The van der Waals surface area contributed by atoms with E-state index < -0.39 is 0 Å². The van der Waals surface area contributed by atoms with E-state index in [1.54, 1.807) is 30.2 Å². The summed E-state index contributed by atoms with van der Waals surface area (Å²) in [5.74, 6) is 0. The van der Waals surface area contributed by atoms with E-state index in [2.05, 4.69) is 10.1 Å². The summed E-state index contributed by atoms with van der Waals surface area (Å²) >= 11 is 0. The van der Waals surface area contributed by atoms with Gasteiger partial charge in [-0.1, -0.05) is 0 Å². The van der Waals surface area contributed by atoms with Gasteiger partial charge in [-0.15, -0.1) is 0 Å². The summed E-state index contributed by atoms with van der Waals surface area (Å²) in [6.07, 6.45) is 4.06. The fourth-order valence-corrected chi connectivity index (χ4v) is 1.17. The molecular weight excluding hydrogens is 154 g/mol. The third-order valence-corrected chi connectivity index (χ3v) is 1.80. The number of aromatic nitrogens is 3. The first kappa shape index (κ1) is 6.97. The number of aldehydes is 1. The van der Waals surface area contributed by atoms with Gasteiger partial charge < -0.3 is 0 Å². The minimum Gasteiger partial charge on any atom is -0.298 e. The minimum absolute atomic E-state index is 0.633. The normalized spacial score (nSPS) is 10.4. The first-order valence-electron chi connectivity index (χ1n) is 3.55. The molecule has 0 aliphatic carbocycles. The molecule has 0 aromatic carbocycles. The maximum atomic E-state index is 10.6. The second kappa shape index (κ2) is 2.41. The quantitative estimate of drug-likeness (QED) is 0.580. The van der Waals surface area contributed by atoms with Gasteiger partial charge in [0.25, 0.3) is 0 Å². The Morgan fingerprint density at radius 1 is 1.58 bits per heavy atom. The second-order valence-electron chi connectivity index (χ2n) is 2.52. The molecule has 2 rings (SSSR count). The molecule has 0 saturated heterocycles. The van der Waals surface area contributed by atoms with Crippen molar-refractivity contribution in [3.63, 3.8) is 0 Å². The summed E-state index contributed by atoms with van der Waals surface area (Å²) < 4.78 is 1.64. The number of aryl methyl sites for hydroxylation is 1. The topological polar surface area (TPSA) is 47.8 Å². The number of fused-ring (bicyclic) bond motifs is 1. The van der Waals surface area contributed by atoms with Gasteiger partial charge in [0, 0.05) is 24.2 Å². The maximum Gasteiger partial charge on any atom is 0.158 e. The Kier molecular flexibility index (Phi) is 1.40. The molecule has 2 heterocycles. The zero-order valence-electron chi connectivity index (χ0n) is 6.56. The molecule has 60 valence electrons. The third-order valence-electron chi connectivity index (χ3n) is 1.80. The van der Waals surface area contributed by atoms with Crippen molar-refractivity contribution in [2.45, 2.75) is 0 Å². The van der Waals surface area contributed by atoms with Crippen molar-refractivity contribution in [3.8, 4) is 0 Å². The summed E-state index contributed by atoms with van der Waals surface area (Å²) in [5.41, 5.74) is 1.37. The molecule has 0 fully saturated rings. The average Bonchev–Trinajstić information content (AvgIpc) is 2.48. The summed E-state index contributed by atoms with van der Waals surface area (Å²) in [4.78, 5) is 14.7. The predicted octanol–water partition coefficient (Wildman–Crippen LogP) is 0.781. The van der Waals surface area contributed by atoms with Crippen LogP contribution >= 0.6 is 0 Å². The van der Waals surface area contributed by atoms with E-state index in [-0.39, 0.29) is 0 Å². The highest BCUT2D eigenvalue weighted by molar-refractivity contribution is 5.94. The Balaban J connectivity index is 2.89. The first-order valence-corrected chi connectivity index (χ1v) is 3.55. The molecule has 0 amide bonds. The van der Waals surface area contributed by atoms with Crippen molar-refractivity contribution < 1.29 is 4.79 Å². The zero-order valence-corrected chi connectivity index (χ0v) is 6.56. The van der Waals surface area contributed by atoms with Gasteiger partial charge in [-0.25, -0.2) is 4.98 Å². The van der Waals surface area contributed by atoms with Crippen LogP contribution in [0.5, 0.6) is 0 Å². The molecular formula is C8H7N3O. The van der Waals surface area contributed by atoms with Crippen LogP contribution in [0.2, 0.25) is 0 Å². The van der Waals surface area contributed by atoms with Gasteiger partial charge in [0.1, 0.15) is 0 Å². The molecule has 4 nitrogen and oxygen atoms in total. The third kappa shape index (κ3) is 0.812. The van der Waals surface area contributed by atoms with Crippen LogP contribution in [0, 0.1) is 0 Å². The van der Waals surface area contributed by atoms with Gasteiger partial charge in [-0.3, -0.25) is 9.48 Å². The second-order valence-corrected chi connectivity index (χ2v) is 2.52. The Morgan fingerprint density at radius 2 is 2.42 bits per heavy atom. The highest BCUT2D eigenvalue weighted by Crippen LogP contribution is 2.12. The van der Waals surface area contributed by atoms with Crippen molar-refractivity contribution in [2.75, 3.05) is 0 Å². The van der Waals surface area contributed by atoms with Crippen LogP contribution in [0.25, 0.3) is 11.0 Å². The van der Waals surface area contributed by atoms with Crippen LogP contribution < -0.4 is 0 Å². The minimum atomic E-state index is 0.633. The van der Waals surface area contributed by atoms with Crippen LogP contribution in [0.3, 0.4) is 0 Å². The lowest BCUT2D eigenvalue weighted by Gasteiger charge is -1.93. The average molecular weight is 161 g/mol. The Bertz CT molecular complexity index is 433. The van der Waals surface area contributed by atoms with E-state index in [4.69, 9.17) is 0 Å². The molecule has 0 aliphatic rings. The van der Waals surface area contributed by atoms with Gasteiger partial charge >= 0.3 is 0 Å². The molecule has 0 unspecified atom stereocenters. The smallest absolute Gasteiger partial charge is 0.158 e. The first-order chi connectivity index (χ1) is 5.83. The summed E-state index contributed by atoms with van der Waals surface area (Å²) in [7, 11) is 1.80. The van der Waals surface area contributed by atoms with Crippen molar-refractivity contribution in [3.05, 3.63) is 24.0 Å². The van der Waals surface area contributed by atoms with Crippen LogP contribution in [0.4, 0.5) is 0 Å². The molecule has 2 aromatic heterocycles. The maximum absolute atomic E-state index is 10.6. The van der Waals surface area contributed by atoms with E-state index in [1.165, 1.54) is 0 Å². The zero-order chi connectivity index (χ0) is 8.55. The van der Waals surface area contributed by atoms with Gasteiger partial charge in [0.15, 0.2) is 11.9 Å². The Morgan fingerprint density at radius 3 is 3.17 bits per heavy atom. The van der Waals surface area contributed by atoms with Crippen molar-refractivity contribution in [1.29, 1.82) is 0 Å². The molecule has 0 radical (unpaired) electrons. The van der Waals surface area contributed by atoms with Gasteiger partial charge in [-0.2, -0.15) is 5.10 Å². The molecule has 0 aliphatic heterocycles. The van der Waals surface area contributed by atoms with Crippen molar-refractivity contribution in [1.82, 2.24) is 14.8 Å². The van der Waals surface area contributed by atoms with Gasteiger partial charge in [0.05, 0.1) is 6.20 Å². The number of nitrogens with zero attached hydrogens (tertiary/aromatic N) is 3. The fraction of sp³-hybridized carbons (Fsp3) is 0.125. The lowest BCUT2D eigenvalue weighted by atomic mass is 10.2. The molecule has 0 atom stereocenters. The number of rotatable bonds is 1. The van der Waals surface area contributed by atoms with E-state index in [0.29, 0.717) is 5.56 Å². The van der Waals surface area contributed by atoms with E-state index in [0.717, 1.165) is 17.3 Å². The molecule has 0 N–H and O–H groups in total. The molecule has 0 bridgehead atoms. The standard InChI is InChI=1S/C8H7N3O/c1-11-8-7(4-10-11)6(5-12)2-3-9-8/h2-5H,1H3. The molecule has 12 heavy (non-hydrogen) atoms. The highest BCUT2D eigenvalue weighted by atomic mass is 16.1. The number of hydrogen-bond acceptors (Lipinski definition) is 3. The lowest BCUT2D eigenvalue weighted by molar-refractivity contribution is 0.112. The van der Waals surface area contributed by atoms with Crippen LogP contribution in [0.1, 0.15) is 10.4 Å². The van der Waals surface area contributed by atoms with Crippen LogP contribution in [0.15, 0.2) is 18.5 Å². The highest BCUT2D eigenvalue weighted by Gasteiger charge is 2.03. The monoisotopic (exact) mass is 161 g/mol. The predicted molar refractivity (Wildman–Crippen MR) is 43.9 cm³/mol. The number of carbonyl (C=O) groups is 1. The summed E-state index contributed by atoms with van der Waals surface area (Å²) in [5, 5.41) is 4.80. The largest absolute Gasteiger partial charge is 0.298 e. The molecule has 0 saturated carbocycles. The number of hydrogen-bond donors (Lipinski definition) is 0. The van der Waals surface area contributed by atoms with E-state index in [9.17, 15) is 4.79 Å². The van der Waals surface area contributed by atoms with Crippen molar-refractivity contribution >= 4 is 17.3 Å². The lowest BCUT2D eigenvalue weighted by Crippen LogP contribution is -1.91. The van der Waals surface area contributed by atoms with Gasteiger partial charge in [0.2, 0.25) is 0 Å². The molecule has 2 aromatic rings. The fourth-order valence-electron chi connectivity index (χ4n) is 1.17. The molecule has 4 heteroatoms. The summed E-state index contributed by atoms with van der Waals surface area (Å²) in [6, 6.07) is 1.68. The van der Waals surface area contributed by atoms with Gasteiger partial charge in [-0.05, 0) is 6.07 Å². The van der Waals surface area contributed by atoms with Crippen LogP contribution in [-0.4, -0.2) is 21.1 Å². The Labute approximate surface area is 68.8 Å². The van der Waals surface area contributed by atoms with Crippen molar-refractivity contribution in [2.24, 2.45) is 7.05 Å². The molecule has 0 spiro atoms. The number of pyridine rings is 1. The van der Waals surface area contributed by atoms with E-state index >= 15 is 0 Å². The SMILES string of the molecule is Cn1ncc2c(C=O)ccnc21.